The summed E-state index contributed by atoms with van der Waals surface area (Å²) >= 11 is 0. The quantitative estimate of drug-likeness (QED) is 0.512. The topological polar surface area (TPSA) is 58.7 Å². The van der Waals surface area contributed by atoms with Gasteiger partial charge in [0.2, 0.25) is 5.78 Å². The van der Waals surface area contributed by atoms with Crippen LogP contribution < -0.4 is 5.56 Å². The summed E-state index contributed by atoms with van der Waals surface area (Å²) in [5.41, 5.74) is 3.28. The number of hydrogen-bond acceptors (Lipinski definition) is 5. The molecule has 3 heterocycles. The molecule has 0 aliphatic carbocycles. The largest absolute Gasteiger partial charge is 0.298 e. The van der Waals surface area contributed by atoms with Crippen molar-refractivity contribution in [3.8, 4) is 0 Å². The van der Waals surface area contributed by atoms with Gasteiger partial charge in [-0.1, -0.05) is 42.0 Å². The van der Waals surface area contributed by atoms with E-state index in [-0.39, 0.29) is 5.56 Å². The average molecular weight is 417 g/mol. The molecule has 0 atom stereocenters. The molecule has 2 aromatic heterocycles. The molecule has 7 nitrogen and oxygen atoms in total. The van der Waals surface area contributed by atoms with Crippen LogP contribution in [0.25, 0.3) is 16.7 Å². The fraction of sp³-hybridized carbons (Fsp3) is 0.375. The smallest absolute Gasteiger partial charge is 0.262 e. The van der Waals surface area contributed by atoms with E-state index < -0.39 is 0 Å². The highest BCUT2D eigenvalue weighted by Gasteiger charge is 2.20. The first-order valence-corrected chi connectivity index (χ1v) is 10.9. The van der Waals surface area contributed by atoms with Crippen molar-refractivity contribution in [1.82, 2.24) is 29.0 Å². The Hall–Kier alpha value is -3.03. The molecule has 31 heavy (non-hydrogen) atoms. The normalized spacial score (nSPS) is 16.2. The van der Waals surface area contributed by atoms with E-state index in [2.05, 4.69) is 50.3 Å². The second-order valence-corrected chi connectivity index (χ2v) is 8.53. The molecule has 0 spiro atoms. The lowest BCUT2D eigenvalue weighted by molar-refractivity contribution is 0.243. The molecule has 1 saturated heterocycles. The third-order valence-electron chi connectivity index (χ3n) is 6.24. The maximum absolute atomic E-state index is 12.8. The zero-order valence-electron chi connectivity index (χ0n) is 18.2. The Labute approximate surface area is 181 Å². The van der Waals surface area contributed by atoms with E-state index in [4.69, 9.17) is 0 Å². The van der Waals surface area contributed by atoms with Gasteiger partial charge in [-0.05, 0) is 44.1 Å². The lowest BCUT2D eigenvalue weighted by Crippen LogP contribution is -2.31. The third-order valence-corrected chi connectivity index (χ3v) is 6.24. The molecule has 7 heteroatoms. The molecule has 0 bridgehead atoms. The van der Waals surface area contributed by atoms with E-state index >= 15 is 0 Å². The molecule has 0 unspecified atom stereocenters. The van der Waals surface area contributed by atoms with Crippen LogP contribution in [0.1, 0.15) is 23.4 Å². The van der Waals surface area contributed by atoms with Gasteiger partial charge in [-0.3, -0.25) is 23.6 Å². The molecule has 160 valence electrons. The third kappa shape index (κ3) is 3.86. The second-order valence-electron chi connectivity index (χ2n) is 8.53. The van der Waals surface area contributed by atoms with E-state index in [9.17, 15) is 4.79 Å². The van der Waals surface area contributed by atoms with E-state index in [0.717, 1.165) is 62.6 Å². The fourth-order valence-electron chi connectivity index (χ4n) is 4.54. The van der Waals surface area contributed by atoms with Crippen molar-refractivity contribution in [2.45, 2.75) is 26.4 Å². The first-order chi connectivity index (χ1) is 15.1. The molecule has 1 aliphatic heterocycles. The molecule has 5 rings (SSSR count). The van der Waals surface area contributed by atoms with Crippen molar-refractivity contribution >= 4 is 16.7 Å². The highest BCUT2D eigenvalue weighted by Crippen LogP contribution is 2.17. The Morgan fingerprint density at radius 2 is 1.65 bits per heavy atom. The van der Waals surface area contributed by atoms with Crippen LogP contribution in [-0.4, -0.2) is 55.1 Å². The number of hydrogen-bond donors (Lipinski definition) is 0. The predicted octanol–water partition coefficient (Wildman–Crippen LogP) is 2.60. The summed E-state index contributed by atoms with van der Waals surface area (Å²) in [7, 11) is 1.77. The molecule has 1 fully saturated rings. The number of fused-ring (bicyclic) bond motifs is 3. The van der Waals surface area contributed by atoms with Gasteiger partial charge >= 0.3 is 0 Å². The molecule has 1 aliphatic rings. The standard InChI is InChI=1S/C24H28N6O/c1-18-9-10-21-20(15-18)23(31)27(2)24-26-25-22(30(21)24)17-29-12-6-11-28(13-14-29)16-19-7-4-3-5-8-19/h3-5,7-10,15H,6,11-14,16-17H2,1-2H3. The summed E-state index contributed by atoms with van der Waals surface area (Å²) in [5, 5.41) is 9.54. The highest BCUT2D eigenvalue weighted by molar-refractivity contribution is 5.81. The first kappa shape index (κ1) is 19.9. The molecule has 2 aromatic carbocycles. The zero-order chi connectivity index (χ0) is 21.4. The van der Waals surface area contributed by atoms with Crippen molar-refractivity contribution in [2.24, 2.45) is 7.05 Å². The Morgan fingerprint density at radius 3 is 2.42 bits per heavy atom. The minimum Gasteiger partial charge on any atom is -0.298 e. The summed E-state index contributed by atoms with van der Waals surface area (Å²) in [6.07, 6.45) is 1.13. The molecular weight excluding hydrogens is 388 g/mol. The van der Waals surface area contributed by atoms with E-state index in [1.54, 1.807) is 11.6 Å². The first-order valence-electron chi connectivity index (χ1n) is 10.9. The van der Waals surface area contributed by atoms with Gasteiger partial charge in [0.25, 0.3) is 5.56 Å². The fourth-order valence-corrected chi connectivity index (χ4v) is 4.54. The van der Waals surface area contributed by atoms with Gasteiger partial charge in [0.05, 0.1) is 17.4 Å². The monoisotopic (exact) mass is 416 g/mol. The van der Waals surface area contributed by atoms with Crippen LogP contribution in [0.3, 0.4) is 0 Å². The molecule has 4 aromatic rings. The van der Waals surface area contributed by atoms with Crippen LogP contribution in [0.2, 0.25) is 0 Å². The van der Waals surface area contributed by atoms with Crippen LogP contribution in [0.4, 0.5) is 0 Å². The van der Waals surface area contributed by atoms with Gasteiger partial charge in [0.1, 0.15) is 0 Å². The van der Waals surface area contributed by atoms with Gasteiger partial charge in [-0.25, -0.2) is 0 Å². The lowest BCUT2D eigenvalue weighted by atomic mass is 10.1. The van der Waals surface area contributed by atoms with Crippen LogP contribution >= 0.6 is 0 Å². The average Bonchev–Trinajstić information content (AvgIpc) is 3.07. The van der Waals surface area contributed by atoms with E-state index in [1.807, 2.05) is 29.5 Å². The van der Waals surface area contributed by atoms with Crippen LogP contribution in [0, 0.1) is 6.92 Å². The molecule has 0 N–H and O–H groups in total. The van der Waals surface area contributed by atoms with Crippen molar-refractivity contribution in [3.05, 3.63) is 75.8 Å². The van der Waals surface area contributed by atoms with Gasteiger partial charge in [0.15, 0.2) is 5.82 Å². The van der Waals surface area contributed by atoms with Crippen LogP contribution in [0.15, 0.2) is 53.3 Å². The van der Waals surface area contributed by atoms with E-state index in [1.165, 1.54) is 5.56 Å². The maximum atomic E-state index is 12.8. The van der Waals surface area contributed by atoms with Crippen LogP contribution in [0.5, 0.6) is 0 Å². The summed E-state index contributed by atoms with van der Waals surface area (Å²) in [4.78, 5) is 17.8. The second kappa shape index (κ2) is 8.24. The number of nitrogens with zero attached hydrogens (tertiary/aromatic N) is 6. The number of rotatable bonds is 4. The summed E-state index contributed by atoms with van der Waals surface area (Å²) < 4.78 is 3.64. The van der Waals surface area contributed by atoms with Gasteiger partial charge in [-0.2, -0.15) is 0 Å². The minimum absolute atomic E-state index is 0.0310. The SMILES string of the molecule is Cc1ccc2c(c1)c(=O)n(C)c1nnc(CN3CCCN(Cc4ccccc4)CC3)n21. The van der Waals surface area contributed by atoms with Crippen LogP contribution in [-0.2, 0) is 20.1 Å². The Balaban J connectivity index is 1.40. The Kier molecular flexibility index (Phi) is 5.29. The van der Waals surface area contributed by atoms with E-state index in [0.29, 0.717) is 11.2 Å². The maximum Gasteiger partial charge on any atom is 0.262 e. The number of benzene rings is 2. The lowest BCUT2D eigenvalue weighted by Gasteiger charge is -2.21. The van der Waals surface area contributed by atoms with Crippen molar-refractivity contribution in [1.29, 1.82) is 0 Å². The Morgan fingerprint density at radius 1 is 0.903 bits per heavy atom. The summed E-state index contributed by atoms with van der Waals surface area (Å²) in [6, 6.07) is 16.7. The molecule has 0 saturated carbocycles. The molecule has 0 radical (unpaired) electrons. The number of aryl methyl sites for hydroxylation is 2. The molecule has 0 amide bonds. The Bertz CT molecular complexity index is 1280. The van der Waals surface area contributed by atoms with Gasteiger partial charge in [0, 0.05) is 26.7 Å². The van der Waals surface area contributed by atoms with Gasteiger partial charge in [-0.15, -0.1) is 10.2 Å². The zero-order valence-corrected chi connectivity index (χ0v) is 18.2. The van der Waals surface area contributed by atoms with Crippen molar-refractivity contribution in [2.75, 3.05) is 26.2 Å². The van der Waals surface area contributed by atoms with Crippen molar-refractivity contribution in [3.63, 3.8) is 0 Å². The number of aromatic nitrogens is 4. The summed E-state index contributed by atoms with van der Waals surface area (Å²) in [6.45, 7) is 7.88. The minimum atomic E-state index is -0.0310. The predicted molar refractivity (Wildman–Crippen MR) is 122 cm³/mol. The van der Waals surface area contributed by atoms with Gasteiger partial charge < -0.3 is 0 Å². The highest BCUT2D eigenvalue weighted by atomic mass is 16.1. The summed E-state index contributed by atoms with van der Waals surface area (Å²) in [5.74, 6) is 1.48. The molecular formula is C24H28N6O. The van der Waals surface area contributed by atoms with Crippen molar-refractivity contribution < 1.29 is 0 Å².